The predicted octanol–water partition coefficient (Wildman–Crippen LogP) is 4.65. The van der Waals surface area contributed by atoms with Gasteiger partial charge in [-0.25, -0.2) is 0 Å². The van der Waals surface area contributed by atoms with Crippen molar-refractivity contribution >= 4 is 5.97 Å². The second kappa shape index (κ2) is 8.09. The van der Waals surface area contributed by atoms with Gasteiger partial charge >= 0.3 is 5.97 Å². The Morgan fingerprint density at radius 2 is 2.00 bits per heavy atom. The second-order valence-electron chi connectivity index (χ2n) is 11.0. The first kappa shape index (κ1) is 22.1. The molecule has 168 valence electrons. The van der Waals surface area contributed by atoms with Crippen molar-refractivity contribution in [2.24, 2.45) is 40.4 Å². The highest BCUT2D eigenvalue weighted by molar-refractivity contribution is 5.70. The molecule has 9 atom stereocenters. The molecule has 3 fully saturated rings. The van der Waals surface area contributed by atoms with Crippen LogP contribution >= 0.6 is 0 Å². The fourth-order valence-electron chi connectivity index (χ4n) is 8.05. The van der Waals surface area contributed by atoms with E-state index in [9.17, 15) is 15.0 Å². The molecule has 0 amide bonds. The molecule has 4 rings (SSSR count). The summed E-state index contributed by atoms with van der Waals surface area (Å²) in [6.07, 6.45) is 13.6. The maximum absolute atomic E-state index is 11.5. The number of esters is 1. The Kier molecular flexibility index (Phi) is 5.95. The molecular formula is C26H40O4. The predicted molar refractivity (Wildman–Crippen MR) is 118 cm³/mol. The Hall–Kier alpha value is -1.13. The van der Waals surface area contributed by atoms with E-state index in [0.29, 0.717) is 30.1 Å². The molecule has 0 aromatic rings. The number of hydrogen-bond acceptors (Lipinski definition) is 4. The maximum atomic E-state index is 11.5. The van der Waals surface area contributed by atoms with Crippen LogP contribution in [0.3, 0.4) is 0 Å². The van der Waals surface area contributed by atoms with Crippen LogP contribution in [0.2, 0.25) is 0 Å². The van der Waals surface area contributed by atoms with Crippen LogP contribution in [0.25, 0.3) is 0 Å². The number of carbonyl (C=O) groups is 1. The Morgan fingerprint density at radius 3 is 2.73 bits per heavy atom. The molecule has 0 aromatic heterocycles. The minimum atomic E-state index is -0.323. The van der Waals surface area contributed by atoms with Gasteiger partial charge in [0.15, 0.2) is 0 Å². The summed E-state index contributed by atoms with van der Waals surface area (Å²) in [5.74, 6) is 2.33. The zero-order valence-electron chi connectivity index (χ0n) is 19.1. The third-order valence-electron chi connectivity index (χ3n) is 9.82. The van der Waals surface area contributed by atoms with E-state index in [-0.39, 0.29) is 34.9 Å². The van der Waals surface area contributed by atoms with Crippen LogP contribution < -0.4 is 0 Å². The third-order valence-corrected chi connectivity index (χ3v) is 9.82. The lowest BCUT2D eigenvalue weighted by Crippen LogP contribution is -2.58. The van der Waals surface area contributed by atoms with Gasteiger partial charge in [-0.05, 0) is 80.0 Å². The highest BCUT2D eigenvalue weighted by Gasteiger charge is 2.61. The fourth-order valence-corrected chi connectivity index (χ4v) is 8.05. The molecule has 4 heteroatoms. The molecule has 3 saturated carbocycles. The number of fused-ring (bicyclic) bond motifs is 5. The van der Waals surface area contributed by atoms with Crippen LogP contribution in [0, 0.1) is 40.4 Å². The molecule has 0 radical (unpaired) electrons. The molecule has 0 bridgehead atoms. The van der Waals surface area contributed by atoms with E-state index >= 15 is 0 Å². The van der Waals surface area contributed by atoms with E-state index in [4.69, 9.17) is 4.74 Å². The molecule has 4 nitrogen and oxygen atoms in total. The minimum absolute atomic E-state index is 0.129. The number of methoxy groups -OCH3 is 1. The minimum Gasteiger partial charge on any atom is -0.469 e. The monoisotopic (exact) mass is 416 g/mol. The van der Waals surface area contributed by atoms with Crippen molar-refractivity contribution in [2.45, 2.75) is 84.3 Å². The topological polar surface area (TPSA) is 66.8 Å². The number of carbonyl (C=O) groups excluding carboxylic acids is 1. The average molecular weight is 417 g/mol. The molecule has 4 aliphatic rings. The first-order valence-electron chi connectivity index (χ1n) is 12.0. The number of ether oxygens (including phenoxy) is 1. The van der Waals surface area contributed by atoms with E-state index in [1.165, 1.54) is 25.5 Å². The Labute approximate surface area is 181 Å². The molecular weight excluding hydrogens is 376 g/mol. The van der Waals surface area contributed by atoms with Crippen LogP contribution in [0.15, 0.2) is 23.8 Å². The molecule has 0 aliphatic heterocycles. The van der Waals surface area contributed by atoms with E-state index in [2.05, 4.69) is 32.9 Å². The Morgan fingerprint density at radius 1 is 1.23 bits per heavy atom. The van der Waals surface area contributed by atoms with E-state index in [1.807, 2.05) is 6.08 Å². The smallest absolute Gasteiger partial charge is 0.309 e. The van der Waals surface area contributed by atoms with Crippen LogP contribution in [0.1, 0.15) is 72.1 Å². The third kappa shape index (κ3) is 3.39. The Balaban J connectivity index is 1.54. The summed E-state index contributed by atoms with van der Waals surface area (Å²) in [5, 5.41) is 21.7. The zero-order chi connectivity index (χ0) is 21.7. The highest BCUT2D eigenvalue weighted by atomic mass is 16.5. The van der Waals surface area contributed by atoms with Crippen LogP contribution in [-0.2, 0) is 9.53 Å². The number of aliphatic hydroxyl groups is 2. The molecule has 2 N–H and O–H groups in total. The van der Waals surface area contributed by atoms with Gasteiger partial charge in [-0.1, -0.05) is 44.6 Å². The highest BCUT2D eigenvalue weighted by Crippen LogP contribution is 2.66. The molecule has 0 aromatic carbocycles. The average Bonchev–Trinajstić information content (AvgIpc) is 3.08. The van der Waals surface area contributed by atoms with Crippen LogP contribution in [0.4, 0.5) is 0 Å². The van der Waals surface area contributed by atoms with Gasteiger partial charge in [0, 0.05) is 5.41 Å². The molecule has 0 heterocycles. The zero-order valence-corrected chi connectivity index (χ0v) is 19.1. The van der Waals surface area contributed by atoms with Gasteiger partial charge in [0.2, 0.25) is 0 Å². The lowest BCUT2D eigenvalue weighted by molar-refractivity contribution is -0.156. The SMILES string of the molecule is COC(=O)C/C=C\[C@@H](C)C1=CCC2C3CC[C@@H]4C[C@H](O)CC[C@]4(C)C3C[C@H](O)[C@]12C. The summed E-state index contributed by atoms with van der Waals surface area (Å²) in [6, 6.07) is 0. The second-order valence-corrected chi connectivity index (χ2v) is 11.0. The largest absolute Gasteiger partial charge is 0.469 e. The van der Waals surface area contributed by atoms with Crippen LogP contribution in [0.5, 0.6) is 0 Å². The molecule has 0 saturated heterocycles. The van der Waals surface area contributed by atoms with Crippen LogP contribution in [-0.4, -0.2) is 35.5 Å². The van der Waals surface area contributed by atoms with E-state index < -0.39 is 0 Å². The number of rotatable bonds is 4. The molecule has 30 heavy (non-hydrogen) atoms. The van der Waals surface area contributed by atoms with Crippen molar-refractivity contribution in [1.82, 2.24) is 0 Å². The van der Waals surface area contributed by atoms with Crippen molar-refractivity contribution < 1.29 is 19.7 Å². The van der Waals surface area contributed by atoms with Gasteiger partial charge in [0.05, 0.1) is 25.7 Å². The Bertz CT molecular complexity index is 727. The normalized spacial score (nSPS) is 46.5. The molecule has 0 spiro atoms. The maximum Gasteiger partial charge on any atom is 0.309 e. The van der Waals surface area contributed by atoms with Gasteiger partial charge < -0.3 is 14.9 Å². The summed E-state index contributed by atoms with van der Waals surface area (Å²) in [4.78, 5) is 11.4. The van der Waals surface area contributed by atoms with E-state index in [0.717, 1.165) is 32.1 Å². The summed E-state index contributed by atoms with van der Waals surface area (Å²) in [7, 11) is 1.42. The lowest BCUT2D eigenvalue weighted by Gasteiger charge is -2.62. The summed E-state index contributed by atoms with van der Waals surface area (Å²) in [6.45, 7) is 6.94. The van der Waals surface area contributed by atoms with Gasteiger partial charge in [-0.3, -0.25) is 4.79 Å². The summed E-state index contributed by atoms with van der Waals surface area (Å²) in [5.41, 5.74) is 1.44. The quantitative estimate of drug-likeness (QED) is 0.517. The lowest BCUT2D eigenvalue weighted by atomic mass is 9.44. The first-order chi connectivity index (χ1) is 14.2. The van der Waals surface area contributed by atoms with Gasteiger partial charge in [0.1, 0.15) is 0 Å². The standard InChI is InChI=1S/C26H40O4/c1-16(6-5-7-24(29)30-4)20-10-11-21-19-9-8-17-14-18(27)12-13-25(17,2)22(19)15-23(28)26(20,21)3/h5-6,10,16-19,21-23,27-28H,7-9,11-15H2,1-4H3/b6-5-/t16-,17-,18-,19?,21?,22?,23+,25+,26-/m1/s1. The van der Waals surface area contributed by atoms with Gasteiger partial charge in [-0.2, -0.15) is 0 Å². The first-order valence-corrected chi connectivity index (χ1v) is 12.0. The van der Waals surface area contributed by atoms with Gasteiger partial charge in [-0.15, -0.1) is 0 Å². The van der Waals surface area contributed by atoms with Crippen molar-refractivity contribution in [2.75, 3.05) is 7.11 Å². The van der Waals surface area contributed by atoms with Crippen molar-refractivity contribution in [1.29, 1.82) is 0 Å². The number of hydrogen-bond donors (Lipinski definition) is 2. The summed E-state index contributed by atoms with van der Waals surface area (Å²) < 4.78 is 4.74. The van der Waals surface area contributed by atoms with Crippen molar-refractivity contribution in [3.05, 3.63) is 23.8 Å². The summed E-state index contributed by atoms with van der Waals surface area (Å²) >= 11 is 0. The van der Waals surface area contributed by atoms with Gasteiger partial charge in [0.25, 0.3) is 0 Å². The number of aliphatic hydroxyl groups excluding tert-OH is 2. The van der Waals surface area contributed by atoms with Crippen molar-refractivity contribution in [3.8, 4) is 0 Å². The van der Waals surface area contributed by atoms with Crippen molar-refractivity contribution in [3.63, 3.8) is 0 Å². The van der Waals surface area contributed by atoms with E-state index in [1.54, 1.807) is 0 Å². The number of allylic oxidation sites excluding steroid dienone is 2. The molecule has 4 aliphatic carbocycles. The fraction of sp³-hybridized carbons (Fsp3) is 0.808. The molecule has 3 unspecified atom stereocenters.